The predicted molar refractivity (Wildman–Crippen MR) is 66.6 cm³/mol. The van der Waals surface area contributed by atoms with Crippen molar-refractivity contribution < 1.29 is 14.6 Å². The molecule has 5 atom stereocenters. The normalized spacial score (nSPS) is 40.8. The highest BCUT2D eigenvalue weighted by atomic mass is 16.8. The Labute approximate surface area is 104 Å². The molecule has 0 spiro atoms. The summed E-state index contributed by atoms with van der Waals surface area (Å²) in [6.45, 7) is 2.23. The van der Waals surface area contributed by atoms with Gasteiger partial charge in [-0.25, -0.2) is 0 Å². The van der Waals surface area contributed by atoms with Crippen molar-refractivity contribution >= 4 is 0 Å². The molecule has 17 heavy (non-hydrogen) atoms. The molecule has 0 amide bonds. The Kier molecular flexibility index (Phi) is 4.83. The number of hydrogen-bond donors (Lipinski definition) is 1. The van der Waals surface area contributed by atoms with E-state index in [1.54, 1.807) is 7.11 Å². The van der Waals surface area contributed by atoms with Gasteiger partial charge in [0, 0.05) is 7.11 Å². The van der Waals surface area contributed by atoms with E-state index in [0.29, 0.717) is 17.9 Å². The van der Waals surface area contributed by atoms with Gasteiger partial charge in [-0.3, -0.25) is 0 Å². The zero-order chi connectivity index (χ0) is 12.3. The van der Waals surface area contributed by atoms with E-state index in [9.17, 15) is 5.11 Å². The number of rotatable bonds is 7. The van der Waals surface area contributed by atoms with Crippen LogP contribution in [-0.4, -0.2) is 30.7 Å². The Morgan fingerprint density at radius 1 is 1.29 bits per heavy atom. The molecule has 5 unspecified atom stereocenters. The standard InChI is InChI=1S/C14H26O3/c1-3-4-5-6-11-10(7-8-12(11)15)9-13-14(16-2)17-13/h10-15H,3-9H2,1-2H3. The van der Waals surface area contributed by atoms with Crippen LogP contribution in [-0.2, 0) is 9.47 Å². The lowest BCUT2D eigenvalue weighted by molar-refractivity contribution is 0.0950. The van der Waals surface area contributed by atoms with E-state index in [1.165, 1.54) is 25.7 Å². The molecule has 1 aliphatic carbocycles. The van der Waals surface area contributed by atoms with E-state index in [1.807, 2.05) is 0 Å². The maximum atomic E-state index is 10.0. The molecular weight excluding hydrogens is 216 g/mol. The van der Waals surface area contributed by atoms with Gasteiger partial charge in [0.05, 0.1) is 6.10 Å². The molecule has 2 rings (SSSR count). The van der Waals surface area contributed by atoms with E-state index < -0.39 is 0 Å². The van der Waals surface area contributed by atoms with Gasteiger partial charge in [-0.2, -0.15) is 0 Å². The third kappa shape index (κ3) is 3.43. The van der Waals surface area contributed by atoms with Crippen LogP contribution in [0, 0.1) is 11.8 Å². The van der Waals surface area contributed by atoms with Crippen molar-refractivity contribution in [2.45, 2.75) is 70.4 Å². The fourth-order valence-electron chi connectivity index (χ4n) is 3.28. The average molecular weight is 242 g/mol. The summed E-state index contributed by atoms with van der Waals surface area (Å²) in [6, 6.07) is 0. The number of epoxide rings is 1. The van der Waals surface area contributed by atoms with Gasteiger partial charge in [-0.1, -0.05) is 26.2 Å². The first kappa shape index (κ1) is 13.3. The van der Waals surface area contributed by atoms with Crippen LogP contribution >= 0.6 is 0 Å². The van der Waals surface area contributed by atoms with Gasteiger partial charge in [0.15, 0.2) is 6.29 Å². The Hall–Kier alpha value is -0.120. The maximum absolute atomic E-state index is 10.0. The molecule has 1 N–H and O–H groups in total. The lowest BCUT2D eigenvalue weighted by Crippen LogP contribution is -2.20. The number of methoxy groups -OCH3 is 1. The number of hydrogen-bond acceptors (Lipinski definition) is 3. The number of unbranched alkanes of at least 4 members (excludes halogenated alkanes) is 2. The minimum absolute atomic E-state index is 0.0315. The van der Waals surface area contributed by atoms with Crippen molar-refractivity contribution in [3.05, 3.63) is 0 Å². The maximum Gasteiger partial charge on any atom is 0.184 e. The average Bonchev–Trinajstić information content (AvgIpc) is 3.00. The Balaban J connectivity index is 1.75. The topological polar surface area (TPSA) is 42.0 Å². The molecule has 1 saturated heterocycles. The second-order valence-corrected chi connectivity index (χ2v) is 5.58. The summed E-state index contributed by atoms with van der Waals surface area (Å²) in [4.78, 5) is 0. The minimum atomic E-state index is -0.0726. The van der Waals surface area contributed by atoms with Crippen LogP contribution in [0.25, 0.3) is 0 Å². The van der Waals surface area contributed by atoms with Crippen LogP contribution in [0.15, 0.2) is 0 Å². The fourth-order valence-corrected chi connectivity index (χ4v) is 3.28. The second kappa shape index (κ2) is 6.17. The number of aliphatic hydroxyl groups is 1. The molecular formula is C14H26O3. The van der Waals surface area contributed by atoms with Gasteiger partial charge in [0.2, 0.25) is 0 Å². The summed E-state index contributed by atoms with van der Waals surface area (Å²) in [6.07, 6.45) is 8.45. The van der Waals surface area contributed by atoms with Gasteiger partial charge in [-0.05, 0) is 37.5 Å². The van der Waals surface area contributed by atoms with Gasteiger partial charge in [0.1, 0.15) is 6.10 Å². The SMILES string of the molecule is CCCCCC1C(O)CCC1CC1OC1OC. The summed E-state index contributed by atoms with van der Waals surface area (Å²) in [5.74, 6) is 1.15. The highest BCUT2D eigenvalue weighted by Gasteiger charge is 2.44. The molecule has 100 valence electrons. The highest BCUT2D eigenvalue weighted by Crippen LogP contribution is 2.42. The first-order valence-corrected chi connectivity index (χ1v) is 7.12. The van der Waals surface area contributed by atoms with Crippen molar-refractivity contribution in [2.75, 3.05) is 7.11 Å². The summed E-state index contributed by atoms with van der Waals surface area (Å²) < 4.78 is 10.6. The molecule has 3 nitrogen and oxygen atoms in total. The molecule has 0 aromatic carbocycles. The van der Waals surface area contributed by atoms with Crippen LogP contribution in [0.1, 0.15) is 51.9 Å². The molecule has 1 saturated carbocycles. The number of ether oxygens (including phenoxy) is 2. The third-order valence-corrected chi connectivity index (χ3v) is 4.38. The summed E-state index contributed by atoms with van der Waals surface area (Å²) in [5.41, 5.74) is 0. The van der Waals surface area contributed by atoms with Crippen molar-refractivity contribution in [1.29, 1.82) is 0 Å². The molecule has 0 radical (unpaired) electrons. The molecule has 2 aliphatic rings. The van der Waals surface area contributed by atoms with Crippen LogP contribution in [0.2, 0.25) is 0 Å². The predicted octanol–water partition coefficient (Wildman–Crippen LogP) is 2.72. The molecule has 1 heterocycles. The van der Waals surface area contributed by atoms with Crippen molar-refractivity contribution in [1.82, 2.24) is 0 Å². The lowest BCUT2D eigenvalue weighted by atomic mass is 9.86. The smallest absolute Gasteiger partial charge is 0.184 e. The monoisotopic (exact) mass is 242 g/mol. The first-order valence-electron chi connectivity index (χ1n) is 7.12. The highest BCUT2D eigenvalue weighted by molar-refractivity contribution is 4.89. The van der Waals surface area contributed by atoms with E-state index in [0.717, 1.165) is 19.3 Å². The Morgan fingerprint density at radius 2 is 2.12 bits per heavy atom. The zero-order valence-corrected chi connectivity index (χ0v) is 11.1. The molecule has 0 bridgehead atoms. The van der Waals surface area contributed by atoms with Gasteiger partial charge in [0.25, 0.3) is 0 Å². The van der Waals surface area contributed by atoms with E-state index in [-0.39, 0.29) is 12.4 Å². The van der Waals surface area contributed by atoms with Gasteiger partial charge >= 0.3 is 0 Å². The van der Waals surface area contributed by atoms with Crippen LogP contribution in [0.3, 0.4) is 0 Å². The van der Waals surface area contributed by atoms with Crippen molar-refractivity contribution in [3.63, 3.8) is 0 Å². The van der Waals surface area contributed by atoms with E-state index >= 15 is 0 Å². The Bertz CT molecular complexity index is 232. The van der Waals surface area contributed by atoms with Crippen molar-refractivity contribution in [2.24, 2.45) is 11.8 Å². The fraction of sp³-hybridized carbons (Fsp3) is 1.00. The van der Waals surface area contributed by atoms with Crippen LogP contribution in [0.5, 0.6) is 0 Å². The molecule has 0 aromatic rings. The quantitative estimate of drug-likeness (QED) is 0.551. The van der Waals surface area contributed by atoms with Crippen molar-refractivity contribution in [3.8, 4) is 0 Å². The molecule has 3 heteroatoms. The Morgan fingerprint density at radius 3 is 2.76 bits per heavy atom. The van der Waals surface area contributed by atoms with Gasteiger partial charge < -0.3 is 14.6 Å². The zero-order valence-electron chi connectivity index (χ0n) is 11.1. The molecule has 1 aliphatic heterocycles. The minimum Gasteiger partial charge on any atom is -0.393 e. The largest absolute Gasteiger partial charge is 0.393 e. The third-order valence-electron chi connectivity index (χ3n) is 4.38. The van der Waals surface area contributed by atoms with Crippen LogP contribution in [0.4, 0.5) is 0 Å². The summed E-state index contributed by atoms with van der Waals surface area (Å²) in [5, 5.41) is 10.0. The molecule has 0 aromatic heterocycles. The van der Waals surface area contributed by atoms with E-state index in [4.69, 9.17) is 9.47 Å². The lowest BCUT2D eigenvalue weighted by Gasteiger charge is -2.21. The van der Waals surface area contributed by atoms with Crippen LogP contribution < -0.4 is 0 Å². The first-order chi connectivity index (χ1) is 8.26. The summed E-state index contributed by atoms with van der Waals surface area (Å²) in [7, 11) is 1.70. The van der Waals surface area contributed by atoms with Gasteiger partial charge in [-0.15, -0.1) is 0 Å². The number of aliphatic hydroxyl groups excluding tert-OH is 1. The second-order valence-electron chi connectivity index (χ2n) is 5.58. The summed E-state index contributed by atoms with van der Waals surface area (Å²) >= 11 is 0. The van der Waals surface area contributed by atoms with E-state index in [2.05, 4.69) is 6.92 Å². The molecule has 2 fully saturated rings.